The first-order valence-electron chi connectivity index (χ1n) is 9.31. The van der Waals surface area contributed by atoms with Crippen LogP contribution in [0.5, 0.6) is 11.5 Å². The molecular formula is C22H24N2O2. The second-order valence-corrected chi connectivity index (χ2v) is 7.02. The van der Waals surface area contributed by atoms with Crippen molar-refractivity contribution in [3.05, 3.63) is 70.0 Å². The lowest BCUT2D eigenvalue weighted by atomic mass is 10.1. The van der Waals surface area contributed by atoms with E-state index in [2.05, 4.69) is 9.88 Å². The molecule has 4 nitrogen and oxygen atoms in total. The van der Waals surface area contributed by atoms with E-state index in [1.807, 2.05) is 55.5 Å². The summed E-state index contributed by atoms with van der Waals surface area (Å²) in [7, 11) is 0. The molecule has 3 aromatic rings. The number of H-pyrrole nitrogens is 1. The number of aromatic amines is 1. The number of aryl methyl sites for hydroxylation is 1. The average Bonchev–Trinajstić information content (AvgIpc) is 2.67. The Morgan fingerprint density at radius 2 is 1.77 bits per heavy atom. The minimum Gasteiger partial charge on any atom is -0.457 e. The molecule has 0 saturated carbocycles. The highest BCUT2D eigenvalue weighted by atomic mass is 16.5. The van der Waals surface area contributed by atoms with Crippen molar-refractivity contribution in [1.29, 1.82) is 0 Å². The zero-order valence-corrected chi connectivity index (χ0v) is 15.1. The molecule has 0 bridgehead atoms. The number of benzene rings is 2. The number of pyridine rings is 1. The van der Waals surface area contributed by atoms with Gasteiger partial charge in [0.05, 0.1) is 0 Å². The summed E-state index contributed by atoms with van der Waals surface area (Å²) in [4.78, 5) is 18.9. The minimum atomic E-state index is 0.111. The highest BCUT2D eigenvalue weighted by Crippen LogP contribution is 2.24. The third-order valence-electron chi connectivity index (χ3n) is 5.09. The normalized spacial score (nSPS) is 15.3. The maximum absolute atomic E-state index is 13.1. The number of nitrogens with zero attached hydrogens (tertiary/aromatic N) is 1. The van der Waals surface area contributed by atoms with Crippen LogP contribution in [0.15, 0.2) is 53.3 Å². The van der Waals surface area contributed by atoms with Crippen molar-refractivity contribution in [3.8, 4) is 11.5 Å². The maximum atomic E-state index is 13.1. The molecule has 0 unspecified atom stereocenters. The van der Waals surface area contributed by atoms with Gasteiger partial charge in [-0.15, -0.1) is 0 Å². The molecule has 1 aliphatic heterocycles. The zero-order valence-electron chi connectivity index (χ0n) is 15.1. The van der Waals surface area contributed by atoms with E-state index in [4.69, 9.17) is 4.74 Å². The fraction of sp³-hybridized carbons (Fsp3) is 0.318. The van der Waals surface area contributed by atoms with Crippen molar-refractivity contribution in [2.45, 2.75) is 32.7 Å². The predicted molar refractivity (Wildman–Crippen MR) is 105 cm³/mol. The van der Waals surface area contributed by atoms with Gasteiger partial charge in [0.2, 0.25) is 0 Å². The first kappa shape index (κ1) is 16.9. The summed E-state index contributed by atoms with van der Waals surface area (Å²) in [5.74, 6) is 1.45. The number of ether oxygens (including phenoxy) is 1. The number of rotatable bonds is 4. The number of fused-ring (bicyclic) bond motifs is 1. The third-order valence-corrected chi connectivity index (χ3v) is 5.09. The summed E-state index contributed by atoms with van der Waals surface area (Å²) < 4.78 is 5.90. The molecule has 0 atom stereocenters. The Morgan fingerprint density at radius 3 is 2.54 bits per heavy atom. The van der Waals surface area contributed by atoms with Gasteiger partial charge in [-0.05, 0) is 63.2 Å². The fourth-order valence-electron chi connectivity index (χ4n) is 3.65. The molecule has 0 aliphatic carbocycles. The van der Waals surface area contributed by atoms with E-state index in [9.17, 15) is 4.79 Å². The Kier molecular flexibility index (Phi) is 4.76. The summed E-state index contributed by atoms with van der Waals surface area (Å²) >= 11 is 0. The molecule has 1 fully saturated rings. The van der Waals surface area contributed by atoms with Crippen LogP contribution in [-0.2, 0) is 6.54 Å². The molecule has 2 heterocycles. The van der Waals surface area contributed by atoms with Gasteiger partial charge in [0.1, 0.15) is 11.5 Å². The van der Waals surface area contributed by atoms with Gasteiger partial charge in [0.25, 0.3) is 0 Å². The molecule has 0 spiro atoms. The molecule has 0 radical (unpaired) electrons. The molecule has 4 heteroatoms. The quantitative estimate of drug-likeness (QED) is 0.748. The Hall–Kier alpha value is -2.59. The average molecular weight is 348 g/mol. The van der Waals surface area contributed by atoms with Crippen LogP contribution < -0.4 is 10.2 Å². The van der Waals surface area contributed by atoms with Crippen LogP contribution in [-0.4, -0.2) is 23.0 Å². The Morgan fingerprint density at radius 1 is 1.00 bits per heavy atom. The lowest BCUT2D eigenvalue weighted by Crippen LogP contribution is -2.32. The van der Waals surface area contributed by atoms with E-state index >= 15 is 0 Å². The van der Waals surface area contributed by atoms with Crippen LogP contribution in [0.3, 0.4) is 0 Å². The van der Waals surface area contributed by atoms with E-state index in [0.29, 0.717) is 11.1 Å². The summed E-state index contributed by atoms with van der Waals surface area (Å²) in [6.07, 6.45) is 3.74. The summed E-state index contributed by atoms with van der Waals surface area (Å²) in [5, 5.41) is 0.691. The molecule has 1 aliphatic rings. The van der Waals surface area contributed by atoms with Crippen molar-refractivity contribution in [2.24, 2.45) is 0 Å². The molecule has 1 aromatic heterocycles. The number of aromatic nitrogens is 1. The van der Waals surface area contributed by atoms with Gasteiger partial charge in [0.15, 0.2) is 5.43 Å². The number of para-hydroxylation sites is 1. The monoisotopic (exact) mass is 348 g/mol. The highest BCUT2D eigenvalue weighted by molar-refractivity contribution is 5.81. The van der Waals surface area contributed by atoms with Crippen LogP contribution in [0.25, 0.3) is 10.9 Å². The maximum Gasteiger partial charge on any atom is 0.194 e. The smallest absolute Gasteiger partial charge is 0.194 e. The van der Waals surface area contributed by atoms with Gasteiger partial charge in [-0.2, -0.15) is 0 Å². The van der Waals surface area contributed by atoms with Crippen molar-refractivity contribution in [2.75, 3.05) is 13.1 Å². The van der Waals surface area contributed by atoms with Gasteiger partial charge in [0, 0.05) is 28.7 Å². The second-order valence-electron chi connectivity index (χ2n) is 7.02. The van der Waals surface area contributed by atoms with Crippen molar-refractivity contribution < 1.29 is 4.74 Å². The summed E-state index contributed by atoms with van der Waals surface area (Å²) in [5.41, 5.74) is 2.80. The molecule has 26 heavy (non-hydrogen) atoms. The van der Waals surface area contributed by atoms with Gasteiger partial charge in [-0.1, -0.05) is 24.6 Å². The van der Waals surface area contributed by atoms with Crippen molar-refractivity contribution >= 4 is 10.9 Å². The Labute approximate surface area is 153 Å². The molecule has 134 valence electrons. The predicted octanol–water partition coefficient (Wildman–Crippen LogP) is 4.61. The van der Waals surface area contributed by atoms with Gasteiger partial charge >= 0.3 is 0 Å². The summed E-state index contributed by atoms with van der Waals surface area (Å²) in [6, 6.07) is 15.3. The van der Waals surface area contributed by atoms with E-state index < -0.39 is 0 Å². The van der Waals surface area contributed by atoms with Gasteiger partial charge in [-0.25, -0.2) is 0 Å². The van der Waals surface area contributed by atoms with E-state index in [-0.39, 0.29) is 5.43 Å². The number of nitrogens with one attached hydrogen (secondary N) is 1. The van der Waals surface area contributed by atoms with Crippen LogP contribution in [0.1, 0.15) is 30.5 Å². The van der Waals surface area contributed by atoms with Gasteiger partial charge < -0.3 is 9.72 Å². The van der Waals surface area contributed by atoms with E-state index in [1.54, 1.807) is 0 Å². The molecular weight excluding hydrogens is 324 g/mol. The molecule has 4 rings (SSSR count). The summed E-state index contributed by atoms with van der Waals surface area (Å²) in [6.45, 7) is 4.87. The molecule has 1 N–H and O–H groups in total. The van der Waals surface area contributed by atoms with Gasteiger partial charge in [-0.3, -0.25) is 9.69 Å². The van der Waals surface area contributed by atoms with Crippen LogP contribution in [0, 0.1) is 6.92 Å². The number of hydrogen-bond acceptors (Lipinski definition) is 3. The van der Waals surface area contributed by atoms with Crippen LogP contribution >= 0.6 is 0 Å². The Bertz CT molecular complexity index is 957. The van der Waals surface area contributed by atoms with Crippen LogP contribution in [0.4, 0.5) is 0 Å². The topological polar surface area (TPSA) is 45.3 Å². The fourth-order valence-corrected chi connectivity index (χ4v) is 3.65. The SMILES string of the molecule is Cc1[nH]c2ccc(Oc3ccccc3)cc2c(=O)c1CN1CCCCC1. The minimum absolute atomic E-state index is 0.111. The lowest BCUT2D eigenvalue weighted by molar-refractivity contribution is 0.220. The Balaban J connectivity index is 1.68. The standard InChI is InChI=1S/C22H24N2O2/c1-16-20(15-24-12-6-3-7-13-24)22(25)19-14-18(10-11-21(19)23-16)26-17-8-4-2-5-9-17/h2,4-5,8-11,14H,3,6-7,12-13,15H2,1H3,(H,23,25). The van der Waals surface area contributed by atoms with Crippen LogP contribution in [0.2, 0.25) is 0 Å². The molecule has 0 amide bonds. The number of likely N-dealkylation sites (tertiary alicyclic amines) is 1. The first-order chi connectivity index (χ1) is 12.7. The van der Waals surface area contributed by atoms with Crippen molar-refractivity contribution in [1.82, 2.24) is 9.88 Å². The van der Waals surface area contributed by atoms with Crippen molar-refractivity contribution in [3.63, 3.8) is 0 Å². The first-order valence-corrected chi connectivity index (χ1v) is 9.31. The molecule has 2 aromatic carbocycles. The second kappa shape index (κ2) is 7.34. The largest absolute Gasteiger partial charge is 0.457 e. The third kappa shape index (κ3) is 3.51. The van der Waals surface area contributed by atoms with E-state index in [1.165, 1.54) is 19.3 Å². The molecule has 1 saturated heterocycles. The number of hydrogen-bond donors (Lipinski definition) is 1. The lowest BCUT2D eigenvalue weighted by Gasteiger charge is -2.26. The zero-order chi connectivity index (χ0) is 17.9. The number of piperidine rings is 1. The van der Waals surface area contributed by atoms with E-state index in [0.717, 1.165) is 42.2 Å². The highest BCUT2D eigenvalue weighted by Gasteiger charge is 2.16.